The van der Waals surface area contributed by atoms with Gasteiger partial charge in [0, 0.05) is 30.9 Å². The van der Waals surface area contributed by atoms with Crippen LogP contribution in [0.4, 0.5) is 10.1 Å². The van der Waals surface area contributed by atoms with Crippen LogP contribution in [-0.4, -0.2) is 57.7 Å². The average Bonchev–Trinajstić information content (AvgIpc) is 2.70. The number of carbonyl (C=O) groups excluding carboxylic acids is 1. The number of hydrogen-bond acceptors (Lipinski definition) is 3. The van der Waals surface area contributed by atoms with E-state index in [0.29, 0.717) is 18.7 Å². The first-order chi connectivity index (χ1) is 13.1. The van der Waals surface area contributed by atoms with Crippen molar-refractivity contribution in [3.63, 3.8) is 0 Å². The molecule has 1 saturated heterocycles. The fourth-order valence-electron chi connectivity index (χ4n) is 3.38. The van der Waals surface area contributed by atoms with E-state index in [-0.39, 0.29) is 11.7 Å². The number of hydrogen-bond donors (Lipinski definition) is 1. The van der Waals surface area contributed by atoms with Crippen LogP contribution in [-0.2, 0) is 11.3 Å². The first-order valence-electron chi connectivity index (χ1n) is 9.27. The normalized spacial score (nSPS) is 14.9. The van der Waals surface area contributed by atoms with Gasteiger partial charge in [0.25, 0.3) is 5.91 Å². The van der Waals surface area contributed by atoms with Crippen molar-refractivity contribution in [3.05, 3.63) is 59.9 Å². The smallest absolute Gasteiger partial charge is 0.277 e. The molecular weight excluding hydrogens is 345 g/mol. The molecule has 1 aliphatic rings. The molecule has 0 bridgehead atoms. The van der Waals surface area contributed by atoms with Crippen LogP contribution in [0, 0.1) is 5.82 Å². The van der Waals surface area contributed by atoms with Gasteiger partial charge < -0.3 is 19.4 Å². The summed E-state index contributed by atoms with van der Waals surface area (Å²) in [5.74, 6) is 0.631. The number of benzene rings is 2. The van der Waals surface area contributed by atoms with Crippen LogP contribution >= 0.6 is 0 Å². The van der Waals surface area contributed by atoms with Crippen LogP contribution in [0.25, 0.3) is 0 Å². The summed E-state index contributed by atoms with van der Waals surface area (Å²) >= 11 is 0. The zero-order valence-corrected chi connectivity index (χ0v) is 16.0. The van der Waals surface area contributed by atoms with E-state index in [0.717, 1.165) is 37.6 Å². The van der Waals surface area contributed by atoms with Gasteiger partial charge in [0.05, 0.1) is 33.3 Å². The first-order valence-corrected chi connectivity index (χ1v) is 9.27. The number of anilines is 1. The second kappa shape index (κ2) is 8.86. The van der Waals surface area contributed by atoms with Crippen LogP contribution in [0.3, 0.4) is 0 Å². The summed E-state index contributed by atoms with van der Waals surface area (Å²) in [5, 5.41) is 0. The minimum Gasteiger partial charge on any atom is -0.497 e. The molecule has 3 rings (SSSR count). The SMILES string of the molecule is COc1cccc(N2CC[NH+](CC(=O)N(C)Cc3ccccc3F)CC2)c1. The molecule has 0 aromatic heterocycles. The van der Waals surface area contributed by atoms with Crippen LogP contribution in [0.2, 0.25) is 0 Å². The van der Waals surface area contributed by atoms with Gasteiger partial charge in [0.1, 0.15) is 11.6 Å². The molecule has 1 N–H and O–H groups in total. The molecule has 27 heavy (non-hydrogen) atoms. The van der Waals surface area contributed by atoms with Gasteiger partial charge in [-0.15, -0.1) is 0 Å². The second-order valence-corrected chi connectivity index (χ2v) is 6.96. The fourth-order valence-corrected chi connectivity index (χ4v) is 3.38. The molecule has 0 saturated carbocycles. The standard InChI is InChI=1S/C21H26FN3O2/c1-23(15-17-6-3-4-9-20(17)22)21(26)16-24-10-12-25(13-11-24)18-7-5-8-19(14-18)27-2/h3-9,14H,10-13,15-16H2,1-2H3/p+1. The summed E-state index contributed by atoms with van der Waals surface area (Å²) in [6.45, 7) is 4.33. The third-order valence-electron chi connectivity index (χ3n) is 5.08. The van der Waals surface area contributed by atoms with Gasteiger partial charge in [0.15, 0.2) is 6.54 Å². The lowest BCUT2D eigenvalue weighted by molar-refractivity contribution is -0.892. The summed E-state index contributed by atoms with van der Waals surface area (Å²) in [6.07, 6.45) is 0. The number of piperazine rings is 1. The van der Waals surface area contributed by atoms with Gasteiger partial charge in [0.2, 0.25) is 0 Å². The Kier molecular flexibility index (Phi) is 6.29. The van der Waals surface area contributed by atoms with E-state index >= 15 is 0 Å². The van der Waals surface area contributed by atoms with Crippen molar-refractivity contribution in [2.75, 3.05) is 51.8 Å². The summed E-state index contributed by atoms with van der Waals surface area (Å²) in [4.78, 5) is 17.7. The number of amides is 1. The summed E-state index contributed by atoms with van der Waals surface area (Å²) in [7, 11) is 3.41. The maximum Gasteiger partial charge on any atom is 0.277 e. The van der Waals surface area contributed by atoms with Crippen molar-refractivity contribution in [1.82, 2.24) is 4.90 Å². The third-order valence-corrected chi connectivity index (χ3v) is 5.08. The molecule has 1 amide bonds. The summed E-state index contributed by atoms with van der Waals surface area (Å²) in [6, 6.07) is 14.7. The monoisotopic (exact) mass is 372 g/mol. The Morgan fingerprint density at radius 1 is 1.19 bits per heavy atom. The fraction of sp³-hybridized carbons (Fsp3) is 0.381. The lowest BCUT2D eigenvalue weighted by Gasteiger charge is -2.34. The molecule has 0 radical (unpaired) electrons. The van der Waals surface area contributed by atoms with Crippen molar-refractivity contribution in [2.45, 2.75) is 6.54 Å². The zero-order chi connectivity index (χ0) is 19.2. The maximum absolute atomic E-state index is 13.8. The number of carbonyl (C=O) groups is 1. The van der Waals surface area contributed by atoms with Crippen LogP contribution in [0.15, 0.2) is 48.5 Å². The van der Waals surface area contributed by atoms with Gasteiger partial charge in [-0.1, -0.05) is 24.3 Å². The van der Waals surface area contributed by atoms with Gasteiger partial charge in [-0.3, -0.25) is 4.79 Å². The molecule has 0 atom stereocenters. The van der Waals surface area contributed by atoms with Crippen molar-refractivity contribution in [2.24, 2.45) is 0 Å². The molecule has 0 aliphatic carbocycles. The van der Waals surface area contributed by atoms with Gasteiger partial charge >= 0.3 is 0 Å². The number of nitrogens with zero attached hydrogens (tertiary/aromatic N) is 2. The van der Waals surface area contributed by atoms with E-state index < -0.39 is 0 Å². The van der Waals surface area contributed by atoms with E-state index in [1.165, 1.54) is 11.0 Å². The Morgan fingerprint density at radius 2 is 1.93 bits per heavy atom. The third kappa shape index (κ3) is 4.98. The first kappa shape index (κ1) is 19.2. The zero-order valence-electron chi connectivity index (χ0n) is 16.0. The molecule has 144 valence electrons. The molecule has 2 aromatic rings. The number of likely N-dealkylation sites (N-methyl/N-ethyl adjacent to an activating group) is 1. The number of ether oxygens (including phenoxy) is 1. The molecule has 2 aromatic carbocycles. The molecule has 1 fully saturated rings. The van der Waals surface area contributed by atoms with E-state index in [4.69, 9.17) is 4.74 Å². The van der Waals surface area contributed by atoms with Crippen LogP contribution in [0.5, 0.6) is 5.75 Å². The van der Waals surface area contributed by atoms with Crippen molar-refractivity contribution in [1.29, 1.82) is 0 Å². The summed E-state index contributed by atoms with van der Waals surface area (Å²) in [5.41, 5.74) is 1.70. The lowest BCUT2D eigenvalue weighted by Crippen LogP contribution is -3.15. The topological polar surface area (TPSA) is 37.2 Å². The Bertz CT molecular complexity index is 776. The molecule has 0 unspecified atom stereocenters. The van der Waals surface area contributed by atoms with E-state index in [1.807, 2.05) is 18.2 Å². The highest BCUT2D eigenvalue weighted by molar-refractivity contribution is 5.76. The molecule has 1 aliphatic heterocycles. The Morgan fingerprint density at radius 3 is 2.63 bits per heavy atom. The number of quaternary nitrogens is 1. The van der Waals surface area contributed by atoms with Gasteiger partial charge in [-0.05, 0) is 18.2 Å². The minimum absolute atomic E-state index is 0.0445. The molecule has 0 spiro atoms. The van der Waals surface area contributed by atoms with Crippen LogP contribution in [0.1, 0.15) is 5.56 Å². The molecule has 1 heterocycles. The Labute approximate surface area is 159 Å². The molecule has 6 heteroatoms. The minimum atomic E-state index is -0.267. The Hall–Kier alpha value is -2.60. The van der Waals surface area contributed by atoms with Crippen LogP contribution < -0.4 is 14.5 Å². The average molecular weight is 372 g/mol. The highest BCUT2D eigenvalue weighted by Gasteiger charge is 2.24. The quantitative estimate of drug-likeness (QED) is 0.828. The molecule has 5 nitrogen and oxygen atoms in total. The van der Waals surface area contributed by atoms with Gasteiger partial charge in [-0.25, -0.2) is 4.39 Å². The van der Waals surface area contributed by atoms with E-state index in [1.54, 1.807) is 37.3 Å². The second-order valence-electron chi connectivity index (χ2n) is 6.96. The lowest BCUT2D eigenvalue weighted by atomic mass is 10.2. The highest BCUT2D eigenvalue weighted by atomic mass is 19.1. The van der Waals surface area contributed by atoms with Crippen molar-refractivity contribution in [3.8, 4) is 5.75 Å². The number of nitrogens with one attached hydrogen (secondary N) is 1. The predicted molar refractivity (Wildman–Crippen MR) is 104 cm³/mol. The van der Waals surface area contributed by atoms with Gasteiger partial charge in [-0.2, -0.15) is 0 Å². The summed E-state index contributed by atoms with van der Waals surface area (Å²) < 4.78 is 19.1. The molecular formula is C21H27FN3O2+. The predicted octanol–water partition coefficient (Wildman–Crippen LogP) is 1.20. The van der Waals surface area contributed by atoms with Crippen molar-refractivity contribution >= 4 is 11.6 Å². The number of halogens is 1. The van der Waals surface area contributed by atoms with E-state index in [2.05, 4.69) is 11.0 Å². The van der Waals surface area contributed by atoms with E-state index in [9.17, 15) is 9.18 Å². The number of methoxy groups -OCH3 is 1. The highest BCUT2D eigenvalue weighted by Crippen LogP contribution is 2.20. The maximum atomic E-state index is 13.8. The number of rotatable bonds is 6. The largest absolute Gasteiger partial charge is 0.497 e. The Balaban J connectivity index is 1.49. The van der Waals surface area contributed by atoms with Crippen molar-refractivity contribution < 1.29 is 18.8 Å².